The summed E-state index contributed by atoms with van der Waals surface area (Å²) in [6, 6.07) is 17.0. The highest BCUT2D eigenvalue weighted by Gasteiger charge is 2.28. The molecule has 6 nitrogen and oxygen atoms in total. The molecule has 0 saturated carbocycles. The first-order valence-electron chi connectivity index (χ1n) is 8.98. The highest BCUT2D eigenvalue weighted by molar-refractivity contribution is 5.92. The fourth-order valence-corrected chi connectivity index (χ4v) is 3.60. The number of rotatable bonds is 4. The van der Waals surface area contributed by atoms with Gasteiger partial charge in [-0.05, 0) is 24.3 Å². The minimum Gasteiger partial charge on any atom is -0.408 e. The van der Waals surface area contributed by atoms with Gasteiger partial charge in [-0.25, -0.2) is 9.36 Å². The first-order valence-corrected chi connectivity index (χ1v) is 8.98. The number of piperidine rings is 1. The molecular formula is C20H22N3O3+. The van der Waals surface area contributed by atoms with Gasteiger partial charge >= 0.3 is 5.76 Å². The highest BCUT2D eigenvalue weighted by atomic mass is 16.4. The second kappa shape index (κ2) is 7.17. The molecule has 1 aliphatic heterocycles. The van der Waals surface area contributed by atoms with E-state index in [-0.39, 0.29) is 17.6 Å². The second-order valence-corrected chi connectivity index (χ2v) is 6.80. The van der Waals surface area contributed by atoms with Crippen LogP contribution in [0.1, 0.15) is 12.8 Å². The van der Waals surface area contributed by atoms with E-state index in [1.165, 1.54) is 4.90 Å². The average molecular weight is 352 g/mol. The zero-order valence-corrected chi connectivity index (χ0v) is 14.5. The summed E-state index contributed by atoms with van der Waals surface area (Å²) in [6.07, 6.45) is 1.64. The Hall–Kier alpha value is -2.86. The molecule has 1 aromatic heterocycles. The van der Waals surface area contributed by atoms with Gasteiger partial charge < -0.3 is 14.6 Å². The number of benzene rings is 2. The van der Waals surface area contributed by atoms with Crippen molar-refractivity contribution in [2.24, 2.45) is 5.92 Å². The summed E-state index contributed by atoms with van der Waals surface area (Å²) in [4.78, 5) is 25.8. The van der Waals surface area contributed by atoms with Crippen LogP contribution in [-0.2, 0) is 11.5 Å². The molecule has 0 radical (unpaired) electrons. The smallest absolute Gasteiger partial charge is 0.408 e. The number of hydrogen-bond acceptors (Lipinski definition) is 3. The van der Waals surface area contributed by atoms with E-state index in [0.717, 1.165) is 37.1 Å². The van der Waals surface area contributed by atoms with Gasteiger partial charge in [0.1, 0.15) is 0 Å². The Labute approximate surface area is 151 Å². The van der Waals surface area contributed by atoms with Gasteiger partial charge in [0.25, 0.3) is 0 Å². The van der Waals surface area contributed by atoms with Crippen molar-refractivity contribution < 1.29 is 14.1 Å². The molecule has 6 heteroatoms. The monoisotopic (exact) mass is 352 g/mol. The lowest BCUT2D eigenvalue weighted by atomic mass is 9.96. The van der Waals surface area contributed by atoms with Crippen LogP contribution in [0.15, 0.2) is 63.8 Å². The zero-order chi connectivity index (χ0) is 17.9. The number of carbonyl (C=O) groups is 1. The van der Waals surface area contributed by atoms with Gasteiger partial charge in [0.05, 0.1) is 18.6 Å². The molecule has 1 amide bonds. The maximum atomic E-state index is 12.4. The summed E-state index contributed by atoms with van der Waals surface area (Å²) in [5.41, 5.74) is 2.28. The molecule has 0 spiro atoms. The minimum atomic E-state index is -0.317. The van der Waals surface area contributed by atoms with Gasteiger partial charge in [0.2, 0.25) is 5.91 Å². The average Bonchev–Trinajstić information content (AvgIpc) is 2.98. The molecule has 2 heterocycles. The Kier molecular flexibility index (Phi) is 4.58. The molecule has 3 aromatic rings. The summed E-state index contributed by atoms with van der Waals surface area (Å²) < 4.78 is 6.99. The molecule has 1 saturated heterocycles. The number of hydrogen-bond donors (Lipinski definition) is 2. The van der Waals surface area contributed by atoms with Crippen LogP contribution in [-0.4, -0.2) is 23.6 Å². The number of para-hydroxylation sites is 3. The molecular weight excluding hydrogens is 330 g/mol. The maximum Gasteiger partial charge on any atom is 0.424 e. The molecule has 134 valence electrons. The van der Waals surface area contributed by atoms with E-state index in [2.05, 4.69) is 5.32 Å². The van der Waals surface area contributed by atoms with Gasteiger partial charge in [-0.1, -0.05) is 30.3 Å². The van der Waals surface area contributed by atoms with Crippen molar-refractivity contribution in [3.8, 4) is 0 Å². The van der Waals surface area contributed by atoms with Gasteiger partial charge in [-0.3, -0.25) is 4.79 Å². The first-order chi connectivity index (χ1) is 12.7. The highest BCUT2D eigenvalue weighted by Crippen LogP contribution is 2.15. The zero-order valence-electron chi connectivity index (χ0n) is 14.5. The molecule has 0 bridgehead atoms. The lowest BCUT2D eigenvalue weighted by molar-refractivity contribution is -0.928. The molecule has 0 atom stereocenters. The van der Waals surface area contributed by atoms with Crippen molar-refractivity contribution in [3.05, 3.63) is 65.1 Å². The molecule has 26 heavy (non-hydrogen) atoms. The lowest BCUT2D eigenvalue weighted by Gasteiger charge is -2.28. The Morgan fingerprint density at radius 2 is 1.77 bits per heavy atom. The minimum absolute atomic E-state index is 0.0248. The normalized spacial score (nSPS) is 20.2. The molecule has 1 fully saturated rings. The summed E-state index contributed by atoms with van der Waals surface area (Å²) in [6.45, 7) is 2.29. The Morgan fingerprint density at radius 1 is 1.08 bits per heavy atom. The van der Waals surface area contributed by atoms with E-state index in [4.69, 9.17) is 4.42 Å². The topological polar surface area (TPSA) is 68.7 Å². The van der Waals surface area contributed by atoms with Crippen LogP contribution in [0.25, 0.3) is 11.1 Å². The first kappa shape index (κ1) is 16.6. The number of likely N-dealkylation sites (tertiary alicyclic amines) is 1. The van der Waals surface area contributed by atoms with Gasteiger partial charge in [-0.2, -0.15) is 0 Å². The lowest BCUT2D eigenvalue weighted by Crippen LogP contribution is -3.12. The molecule has 2 N–H and O–H groups in total. The molecule has 4 rings (SSSR count). The van der Waals surface area contributed by atoms with E-state index in [9.17, 15) is 9.59 Å². The van der Waals surface area contributed by atoms with E-state index in [0.29, 0.717) is 12.3 Å². The van der Waals surface area contributed by atoms with Crippen LogP contribution >= 0.6 is 0 Å². The standard InChI is InChI=1S/C20H21N3O3/c24-19(21-16-6-2-1-3-7-16)15-10-12-22(13-11-15)14-23-17-8-4-5-9-18(17)26-20(23)25/h1-9,15H,10-14H2,(H,21,24)/p+1. The largest absolute Gasteiger partial charge is 0.424 e. The Balaban J connectivity index is 1.37. The Bertz CT molecular complexity index is 953. The summed E-state index contributed by atoms with van der Waals surface area (Å²) in [5, 5.41) is 2.99. The second-order valence-electron chi connectivity index (χ2n) is 6.80. The SMILES string of the molecule is O=C(Nc1ccccc1)C1CC[NH+](Cn2c(=O)oc3ccccc32)CC1. The number of amides is 1. The van der Waals surface area contributed by atoms with Gasteiger partial charge in [-0.15, -0.1) is 0 Å². The van der Waals surface area contributed by atoms with Crippen molar-refractivity contribution in [3.63, 3.8) is 0 Å². The van der Waals surface area contributed by atoms with Crippen molar-refractivity contribution in [1.82, 2.24) is 4.57 Å². The van der Waals surface area contributed by atoms with E-state index in [1.807, 2.05) is 54.6 Å². The number of nitrogens with one attached hydrogen (secondary N) is 2. The number of nitrogens with zero attached hydrogens (tertiary/aromatic N) is 1. The van der Waals surface area contributed by atoms with Gasteiger partial charge in [0, 0.05) is 24.4 Å². The van der Waals surface area contributed by atoms with Crippen LogP contribution in [0.2, 0.25) is 0 Å². The number of fused-ring (bicyclic) bond motifs is 1. The molecule has 1 aliphatic rings. The number of quaternary nitrogens is 1. The third-order valence-corrected chi connectivity index (χ3v) is 5.06. The van der Waals surface area contributed by atoms with Crippen LogP contribution < -0.4 is 16.0 Å². The quantitative estimate of drug-likeness (QED) is 0.747. The number of aromatic nitrogens is 1. The molecule has 2 aromatic carbocycles. The van der Waals surface area contributed by atoms with Crippen LogP contribution in [0, 0.1) is 5.92 Å². The fraction of sp³-hybridized carbons (Fsp3) is 0.300. The van der Waals surface area contributed by atoms with Crippen molar-refractivity contribution in [2.45, 2.75) is 19.5 Å². The maximum absolute atomic E-state index is 12.4. The predicted molar refractivity (Wildman–Crippen MR) is 99.0 cm³/mol. The van der Waals surface area contributed by atoms with E-state index < -0.39 is 0 Å². The van der Waals surface area contributed by atoms with Crippen LogP contribution in [0.4, 0.5) is 5.69 Å². The predicted octanol–water partition coefficient (Wildman–Crippen LogP) is 1.49. The van der Waals surface area contributed by atoms with Crippen molar-refractivity contribution in [1.29, 1.82) is 0 Å². The third kappa shape index (κ3) is 3.41. The van der Waals surface area contributed by atoms with Crippen molar-refractivity contribution >= 4 is 22.7 Å². The fourth-order valence-electron chi connectivity index (χ4n) is 3.60. The summed E-state index contributed by atoms with van der Waals surface area (Å²) in [7, 11) is 0. The van der Waals surface area contributed by atoms with E-state index >= 15 is 0 Å². The summed E-state index contributed by atoms with van der Waals surface area (Å²) >= 11 is 0. The Morgan fingerprint density at radius 3 is 2.54 bits per heavy atom. The molecule has 0 unspecified atom stereocenters. The summed E-state index contributed by atoms with van der Waals surface area (Å²) in [5.74, 6) is -0.208. The number of carbonyl (C=O) groups excluding carboxylic acids is 1. The van der Waals surface area contributed by atoms with Crippen molar-refractivity contribution in [2.75, 3.05) is 18.4 Å². The number of anilines is 1. The van der Waals surface area contributed by atoms with Crippen LogP contribution in [0.3, 0.4) is 0 Å². The van der Waals surface area contributed by atoms with Gasteiger partial charge in [0.15, 0.2) is 12.3 Å². The van der Waals surface area contributed by atoms with Crippen LogP contribution in [0.5, 0.6) is 0 Å². The molecule has 0 aliphatic carbocycles. The third-order valence-electron chi connectivity index (χ3n) is 5.06. The number of oxazole rings is 1. The van der Waals surface area contributed by atoms with E-state index in [1.54, 1.807) is 4.57 Å².